The molecule has 0 bridgehead atoms. The standard InChI is InChI=1S/C24H29NO3/c1-2-17-14-16(15-20-8-7-19-4-3-5-22(26)23(19)20)6-9-21(17)18-10-12-25(13-11-18)24(27)28/h3-6,9,14,18,20,26H,2,7-8,10-13,15H2,1H3,(H,27,28)/t20-/m0/s1. The molecule has 2 aromatic rings. The van der Waals surface area contributed by atoms with Gasteiger partial charge in [-0.2, -0.15) is 0 Å². The first-order valence-electron chi connectivity index (χ1n) is 10.5. The second kappa shape index (κ2) is 7.86. The van der Waals surface area contributed by atoms with Gasteiger partial charge in [-0.1, -0.05) is 37.3 Å². The highest BCUT2D eigenvalue weighted by molar-refractivity contribution is 5.65. The lowest BCUT2D eigenvalue weighted by Gasteiger charge is -2.31. The van der Waals surface area contributed by atoms with Gasteiger partial charge in [0.2, 0.25) is 0 Å². The van der Waals surface area contributed by atoms with Gasteiger partial charge in [0.05, 0.1) is 0 Å². The Balaban J connectivity index is 1.50. The second-order valence-electron chi connectivity index (χ2n) is 8.22. The second-order valence-corrected chi connectivity index (χ2v) is 8.22. The van der Waals surface area contributed by atoms with Crippen molar-refractivity contribution in [1.82, 2.24) is 4.90 Å². The average molecular weight is 380 g/mol. The summed E-state index contributed by atoms with van der Waals surface area (Å²) in [6, 6.07) is 12.7. The van der Waals surface area contributed by atoms with E-state index in [4.69, 9.17) is 5.11 Å². The number of fused-ring (bicyclic) bond motifs is 1. The van der Waals surface area contributed by atoms with E-state index in [0.29, 0.717) is 30.7 Å². The first kappa shape index (κ1) is 18.9. The minimum absolute atomic E-state index is 0.394. The smallest absolute Gasteiger partial charge is 0.407 e. The zero-order valence-electron chi connectivity index (χ0n) is 16.5. The first-order chi connectivity index (χ1) is 13.6. The van der Waals surface area contributed by atoms with Crippen molar-refractivity contribution in [2.75, 3.05) is 13.1 Å². The molecule has 1 atom stereocenters. The molecule has 2 aliphatic rings. The number of phenolic OH excluding ortho intramolecular Hbond substituents is 1. The minimum atomic E-state index is -0.801. The van der Waals surface area contributed by atoms with Crippen molar-refractivity contribution in [3.05, 3.63) is 64.2 Å². The van der Waals surface area contributed by atoms with Gasteiger partial charge in [0, 0.05) is 18.7 Å². The fourth-order valence-electron chi connectivity index (χ4n) is 5.12. The number of benzene rings is 2. The number of rotatable bonds is 4. The Morgan fingerprint density at radius 3 is 2.64 bits per heavy atom. The molecular formula is C24H29NO3. The summed E-state index contributed by atoms with van der Waals surface area (Å²) in [7, 11) is 0. The van der Waals surface area contributed by atoms with Crippen molar-refractivity contribution in [2.45, 2.75) is 57.3 Å². The Labute approximate surface area is 166 Å². The molecule has 2 N–H and O–H groups in total. The van der Waals surface area contributed by atoms with Crippen LogP contribution in [0.1, 0.15) is 65.8 Å². The van der Waals surface area contributed by atoms with E-state index in [9.17, 15) is 9.90 Å². The van der Waals surface area contributed by atoms with Crippen LogP contribution in [-0.2, 0) is 19.3 Å². The van der Waals surface area contributed by atoms with Gasteiger partial charge in [-0.3, -0.25) is 0 Å². The van der Waals surface area contributed by atoms with Crippen molar-refractivity contribution in [1.29, 1.82) is 0 Å². The number of aromatic hydroxyl groups is 1. The Bertz CT molecular complexity index is 868. The first-order valence-corrected chi connectivity index (χ1v) is 10.5. The SMILES string of the molecule is CCc1cc(C[C@@H]2CCc3cccc(O)c32)ccc1C1CCN(C(=O)O)CC1. The summed E-state index contributed by atoms with van der Waals surface area (Å²) in [5, 5.41) is 19.5. The lowest BCUT2D eigenvalue weighted by molar-refractivity contribution is 0.132. The van der Waals surface area contributed by atoms with E-state index in [0.717, 1.165) is 44.1 Å². The van der Waals surface area contributed by atoms with Crippen LogP contribution in [0.25, 0.3) is 0 Å². The quantitative estimate of drug-likeness (QED) is 0.778. The molecular weight excluding hydrogens is 350 g/mol. The maximum absolute atomic E-state index is 11.1. The molecule has 0 spiro atoms. The van der Waals surface area contributed by atoms with Crippen molar-refractivity contribution >= 4 is 6.09 Å². The zero-order chi connectivity index (χ0) is 19.7. The van der Waals surface area contributed by atoms with Crippen LogP contribution in [0.2, 0.25) is 0 Å². The summed E-state index contributed by atoms with van der Waals surface area (Å²) >= 11 is 0. The van der Waals surface area contributed by atoms with E-state index < -0.39 is 6.09 Å². The molecule has 4 rings (SSSR count). The van der Waals surface area contributed by atoms with Crippen LogP contribution >= 0.6 is 0 Å². The molecule has 1 amide bonds. The van der Waals surface area contributed by atoms with Gasteiger partial charge in [0.1, 0.15) is 5.75 Å². The summed E-state index contributed by atoms with van der Waals surface area (Å²) in [6.45, 7) is 3.46. The number of aryl methyl sites for hydroxylation is 2. The van der Waals surface area contributed by atoms with E-state index in [-0.39, 0.29) is 0 Å². The molecule has 1 saturated heterocycles. The summed E-state index contributed by atoms with van der Waals surface area (Å²) < 4.78 is 0. The Morgan fingerprint density at radius 2 is 1.93 bits per heavy atom. The molecule has 28 heavy (non-hydrogen) atoms. The number of likely N-dealkylation sites (tertiary alicyclic amines) is 1. The number of phenols is 1. The molecule has 1 aliphatic carbocycles. The summed E-state index contributed by atoms with van der Waals surface area (Å²) in [6.07, 6.45) is 5.12. The van der Waals surface area contributed by atoms with E-state index in [1.165, 1.54) is 27.2 Å². The van der Waals surface area contributed by atoms with Crippen LogP contribution < -0.4 is 0 Å². The van der Waals surface area contributed by atoms with E-state index in [1.807, 2.05) is 6.07 Å². The fraction of sp³-hybridized carbons (Fsp3) is 0.458. The molecule has 0 saturated carbocycles. The minimum Gasteiger partial charge on any atom is -0.508 e. The van der Waals surface area contributed by atoms with Gasteiger partial charge in [-0.15, -0.1) is 0 Å². The largest absolute Gasteiger partial charge is 0.508 e. The van der Waals surface area contributed by atoms with E-state index in [1.54, 1.807) is 6.07 Å². The maximum Gasteiger partial charge on any atom is 0.407 e. The highest BCUT2D eigenvalue weighted by Crippen LogP contribution is 2.41. The van der Waals surface area contributed by atoms with Crippen LogP contribution in [-0.4, -0.2) is 34.3 Å². The van der Waals surface area contributed by atoms with Crippen LogP contribution in [0.4, 0.5) is 4.79 Å². The van der Waals surface area contributed by atoms with Crippen molar-refractivity contribution in [2.24, 2.45) is 0 Å². The Morgan fingerprint density at radius 1 is 1.14 bits per heavy atom. The average Bonchev–Trinajstić information content (AvgIpc) is 3.12. The normalized spacial score (nSPS) is 19.6. The number of hydrogen-bond donors (Lipinski definition) is 2. The van der Waals surface area contributed by atoms with Crippen LogP contribution in [0.3, 0.4) is 0 Å². The molecule has 4 nitrogen and oxygen atoms in total. The lowest BCUT2D eigenvalue weighted by atomic mass is 9.84. The van der Waals surface area contributed by atoms with Crippen LogP contribution in [0.15, 0.2) is 36.4 Å². The molecule has 0 unspecified atom stereocenters. The summed E-state index contributed by atoms with van der Waals surface area (Å²) in [4.78, 5) is 12.7. The van der Waals surface area contributed by atoms with Gasteiger partial charge < -0.3 is 15.1 Å². The van der Waals surface area contributed by atoms with Crippen molar-refractivity contribution in [3.8, 4) is 5.75 Å². The van der Waals surface area contributed by atoms with Gasteiger partial charge in [0.15, 0.2) is 0 Å². The number of nitrogens with zero attached hydrogens (tertiary/aromatic N) is 1. The molecule has 1 fully saturated rings. The van der Waals surface area contributed by atoms with Gasteiger partial charge >= 0.3 is 6.09 Å². The molecule has 2 aromatic carbocycles. The van der Waals surface area contributed by atoms with Gasteiger partial charge in [-0.25, -0.2) is 4.79 Å². The van der Waals surface area contributed by atoms with Gasteiger partial charge in [-0.05, 0) is 78.7 Å². The number of amides is 1. The molecule has 4 heteroatoms. The third-order valence-electron chi connectivity index (χ3n) is 6.62. The number of carbonyl (C=O) groups is 1. The fourth-order valence-corrected chi connectivity index (χ4v) is 5.12. The van der Waals surface area contributed by atoms with Crippen LogP contribution in [0.5, 0.6) is 5.75 Å². The molecule has 148 valence electrons. The highest BCUT2D eigenvalue weighted by Gasteiger charge is 2.27. The number of hydrogen-bond acceptors (Lipinski definition) is 2. The van der Waals surface area contributed by atoms with E-state index >= 15 is 0 Å². The lowest BCUT2D eigenvalue weighted by Crippen LogP contribution is -2.37. The molecule has 0 radical (unpaired) electrons. The third kappa shape index (κ3) is 3.60. The summed E-state index contributed by atoms with van der Waals surface area (Å²) in [5.41, 5.74) is 6.56. The zero-order valence-corrected chi connectivity index (χ0v) is 16.5. The Hall–Kier alpha value is -2.49. The Kier molecular flexibility index (Phi) is 5.29. The predicted octanol–water partition coefficient (Wildman–Crippen LogP) is 5.08. The number of carboxylic acid groups (broad SMARTS) is 1. The van der Waals surface area contributed by atoms with Gasteiger partial charge in [0.25, 0.3) is 0 Å². The predicted molar refractivity (Wildman–Crippen MR) is 110 cm³/mol. The third-order valence-corrected chi connectivity index (χ3v) is 6.62. The number of piperidine rings is 1. The monoisotopic (exact) mass is 379 g/mol. The molecule has 1 aliphatic heterocycles. The van der Waals surface area contributed by atoms with Crippen molar-refractivity contribution in [3.63, 3.8) is 0 Å². The molecule has 1 heterocycles. The summed E-state index contributed by atoms with van der Waals surface area (Å²) in [5.74, 6) is 1.29. The maximum atomic E-state index is 11.1. The highest BCUT2D eigenvalue weighted by atomic mass is 16.4. The molecule has 0 aromatic heterocycles. The topological polar surface area (TPSA) is 60.8 Å². The van der Waals surface area contributed by atoms with Crippen LogP contribution in [0, 0.1) is 0 Å². The van der Waals surface area contributed by atoms with E-state index in [2.05, 4.69) is 31.2 Å². The van der Waals surface area contributed by atoms with Crippen molar-refractivity contribution < 1.29 is 15.0 Å².